The summed E-state index contributed by atoms with van der Waals surface area (Å²) in [7, 11) is 0. The van der Waals surface area contributed by atoms with Crippen molar-refractivity contribution in [3.8, 4) is 0 Å². The molecule has 2 amide bonds. The van der Waals surface area contributed by atoms with Crippen LogP contribution in [0, 0.1) is 12.8 Å². The minimum Gasteiger partial charge on any atom is -0.360 e. The van der Waals surface area contributed by atoms with Crippen molar-refractivity contribution in [2.24, 2.45) is 5.92 Å². The standard InChI is InChI=1S/C17H18ClN3O3/c1-10-9-14(21-24-10)19-16(22)17(23)20-15(11-3-2-4-11)12-5-7-13(18)8-6-12/h5-9,11,15H,2-4H2,1H3,(H,20,23)(H,19,21,22). The summed E-state index contributed by atoms with van der Waals surface area (Å²) in [6, 6.07) is 8.68. The molecule has 24 heavy (non-hydrogen) atoms. The lowest BCUT2D eigenvalue weighted by atomic mass is 9.77. The Kier molecular flexibility index (Phi) is 4.85. The Morgan fingerprint density at radius 3 is 2.50 bits per heavy atom. The van der Waals surface area contributed by atoms with E-state index in [1.54, 1.807) is 25.1 Å². The molecule has 0 bridgehead atoms. The van der Waals surface area contributed by atoms with E-state index >= 15 is 0 Å². The third kappa shape index (κ3) is 3.76. The summed E-state index contributed by atoms with van der Waals surface area (Å²) in [5, 5.41) is 9.54. The first kappa shape index (κ1) is 16.5. The maximum Gasteiger partial charge on any atom is 0.314 e. The number of hydrogen-bond acceptors (Lipinski definition) is 4. The lowest BCUT2D eigenvalue weighted by Gasteiger charge is -2.34. The maximum atomic E-state index is 12.2. The molecular formula is C17H18ClN3O3. The highest BCUT2D eigenvalue weighted by molar-refractivity contribution is 6.39. The molecule has 1 aliphatic rings. The van der Waals surface area contributed by atoms with Gasteiger partial charge in [-0.05, 0) is 43.4 Å². The molecule has 1 aromatic heterocycles. The molecular weight excluding hydrogens is 330 g/mol. The predicted octanol–water partition coefficient (Wildman–Crippen LogP) is 3.23. The average molecular weight is 348 g/mol. The van der Waals surface area contributed by atoms with Gasteiger partial charge in [0, 0.05) is 11.1 Å². The van der Waals surface area contributed by atoms with Crippen LogP contribution in [-0.2, 0) is 9.59 Å². The number of amides is 2. The molecule has 0 radical (unpaired) electrons. The molecule has 0 saturated heterocycles. The van der Waals surface area contributed by atoms with Crippen LogP contribution >= 0.6 is 11.6 Å². The van der Waals surface area contributed by atoms with Crippen molar-refractivity contribution in [3.05, 3.63) is 46.7 Å². The number of aryl methyl sites for hydroxylation is 1. The molecule has 7 heteroatoms. The van der Waals surface area contributed by atoms with E-state index in [0.29, 0.717) is 16.7 Å². The van der Waals surface area contributed by atoms with Crippen LogP contribution in [0.2, 0.25) is 5.02 Å². The Morgan fingerprint density at radius 1 is 1.25 bits per heavy atom. The minimum atomic E-state index is -0.762. The fraction of sp³-hybridized carbons (Fsp3) is 0.353. The van der Waals surface area contributed by atoms with E-state index in [4.69, 9.17) is 16.1 Å². The van der Waals surface area contributed by atoms with Gasteiger partial charge in [-0.1, -0.05) is 35.3 Å². The molecule has 3 rings (SSSR count). The van der Waals surface area contributed by atoms with Gasteiger partial charge in [0.2, 0.25) is 0 Å². The lowest BCUT2D eigenvalue weighted by molar-refractivity contribution is -0.137. The van der Waals surface area contributed by atoms with E-state index < -0.39 is 11.8 Å². The molecule has 126 valence electrons. The number of benzene rings is 1. The Hall–Kier alpha value is -2.34. The second kappa shape index (κ2) is 7.05. The van der Waals surface area contributed by atoms with Crippen molar-refractivity contribution >= 4 is 29.2 Å². The second-order valence-corrected chi connectivity index (χ2v) is 6.41. The molecule has 1 aromatic carbocycles. The summed E-state index contributed by atoms with van der Waals surface area (Å²) in [6.07, 6.45) is 3.18. The molecule has 2 N–H and O–H groups in total. The first-order valence-corrected chi connectivity index (χ1v) is 8.21. The zero-order valence-corrected chi connectivity index (χ0v) is 14.0. The van der Waals surface area contributed by atoms with E-state index in [1.165, 1.54) is 0 Å². The Labute approximate surface area is 144 Å². The van der Waals surface area contributed by atoms with Crippen LogP contribution in [0.3, 0.4) is 0 Å². The van der Waals surface area contributed by atoms with E-state index in [1.807, 2.05) is 12.1 Å². The highest BCUT2D eigenvalue weighted by Crippen LogP contribution is 2.37. The molecule has 1 heterocycles. The number of nitrogens with one attached hydrogen (secondary N) is 2. The predicted molar refractivity (Wildman–Crippen MR) is 89.5 cm³/mol. The summed E-state index contributed by atoms with van der Waals surface area (Å²) in [6.45, 7) is 1.70. The van der Waals surface area contributed by atoms with E-state index in [2.05, 4.69) is 15.8 Å². The van der Waals surface area contributed by atoms with Gasteiger partial charge in [0.25, 0.3) is 0 Å². The third-order valence-electron chi connectivity index (χ3n) is 4.21. The normalized spacial score (nSPS) is 15.4. The molecule has 6 nitrogen and oxygen atoms in total. The summed E-state index contributed by atoms with van der Waals surface area (Å²) in [4.78, 5) is 24.3. The maximum absolute atomic E-state index is 12.2. The molecule has 0 spiro atoms. The highest BCUT2D eigenvalue weighted by Gasteiger charge is 2.31. The lowest BCUT2D eigenvalue weighted by Crippen LogP contribution is -2.41. The molecule has 1 saturated carbocycles. The summed E-state index contributed by atoms with van der Waals surface area (Å²) in [5.74, 6) is -0.347. The van der Waals surface area contributed by atoms with Gasteiger partial charge < -0.3 is 9.84 Å². The van der Waals surface area contributed by atoms with Gasteiger partial charge in [-0.2, -0.15) is 0 Å². The van der Waals surface area contributed by atoms with Gasteiger partial charge >= 0.3 is 11.8 Å². The van der Waals surface area contributed by atoms with Gasteiger partial charge in [0.15, 0.2) is 5.82 Å². The van der Waals surface area contributed by atoms with Gasteiger partial charge in [0.05, 0.1) is 6.04 Å². The summed E-state index contributed by atoms with van der Waals surface area (Å²) in [5.41, 5.74) is 0.947. The topological polar surface area (TPSA) is 84.2 Å². The number of rotatable bonds is 4. The van der Waals surface area contributed by atoms with Crippen molar-refractivity contribution in [2.45, 2.75) is 32.2 Å². The number of carbonyl (C=O) groups is 2. The zero-order chi connectivity index (χ0) is 17.1. The number of aromatic nitrogens is 1. The van der Waals surface area contributed by atoms with Crippen molar-refractivity contribution in [1.82, 2.24) is 10.5 Å². The molecule has 1 fully saturated rings. The summed E-state index contributed by atoms with van der Waals surface area (Å²) < 4.78 is 4.86. The minimum absolute atomic E-state index is 0.201. The number of hydrogen-bond donors (Lipinski definition) is 2. The first-order chi connectivity index (χ1) is 11.5. The smallest absolute Gasteiger partial charge is 0.314 e. The fourth-order valence-electron chi connectivity index (χ4n) is 2.72. The van der Waals surface area contributed by atoms with Crippen LogP contribution in [0.1, 0.15) is 36.6 Å². The highest BCUT2D eigenvalue weighted by atomic mass is 35.5. The van der Waals surface area contributed by atoms with Crippen molar-refractivity contribution < 1.29 is 14.1 Å². The van der Waals surface area contributed by atoms with Gasteiger partial charge in [-0.3, -0.25) is 14.9 Å². The van der Waals surface area contributed by atoms with E-state index in [9.17, 15) is 9.59 Å². The van der Waals surface area contributed by atoms with Gasteiger partial charge in [-0.15, -0.1) is 0 Å². The quantitative estimate of drug-likeness (QED) is 0.831. The van der Waals surface area contributed by atoms with Crippen molar-refractivity contribution in [2.75, 3.05) is 5.32 Å². The van der Waals surface area contributed by atoms with Crippen molar-refractivity contribution in [3.63, 3.8) is 0 Å². The molecule has 2 aromatic rings. The number of anilines is 1. The fourth-order valence-corrected chi connectivity index (χ4v) is 2.85. The Bertz CT molecular complexity index is 738. The van der Waals surface area contributed by atoms with Crippen molar-refractivity contribution in [1.29, 1.82) is 0 Å². The number of nitrogens with zero attached hydrogens (tertiary/aromatic N) is 1. The van der Waals surface area contributed by atoms with Crippen LogP contribution < -0.4 is 10.6 Å². The molecule has 0 aliphatic heterocycles. The molecule has 1 atom stereocenters. The van der Waals surface area contributed by atoms with Gasteiger partial charge in [-0.25, -0.2) is 0 Å². The first-order valence-electron chi connectivity index (χ1n) is 7.83. The van der Waals surface area contributed by atoms with Crippen LogP contribution in [0.5, 0.6) is 0 Å². The third-order valence-corrected chi connectivity index (χ3v) is 4.46. The number of halogens is 1. The Balaban J connectivity index is 1.68. The van der Waals surface area contributed by atoms with E-state index in [-0.39, 0.29) is 11.9 Å². The average Bonchev–Trinajstić information content (AvgIpc) is 2.90. The summed E-state index contributed by atoms with van der Waals surface area (Å²) >= 11 is 5.92. The van der Waals surface area contributed by atoms with Gasteiger partial charge in [0.1, 0.15) is 5.76 Å². The van der Waals surface area contributed by atoms with Crippen LogP contribution in [-0.4, -0.2) is 17.0 Å². The van der Waals surface area contributed by atoms with Crippen LogP contribution in [0.4, 0.5) is 5.82 Å². The number of carbonyl (C=O) groups excluding carboxylic acids is 2. The van der Waals surface area contributed by atoms with Crippen LogP contribution in [0.25, 0.3) is 0 Å². The Morgan fingerprint density at radius 2 is 1.96 bits per heavy atom. The largest absolute Gasteiger partial charge is 0.360 e. The zero-order valence-electron chi connectivity index (χ0n) is 13.2. The monoisotopic (exact) mass is 347 g/mol. The second-order valence-electron chi connectivity index (χ2n) is 5.97. The SMILES string of the molecule is Cc1cc(NC(=O)C(=O)NC(c2ccc(Cl)cc2)C2CCC2)no1. The van der Waals surface area contributed by atoms with E-state index in [0.717, 1.165) is 24.8 Å². The molecule has 1 aliphatic carbocycles. The molecule has 1 unspecified atom stereocenters. The van der Waals surface area contributed by atoms with Crippen LogP contribution in [0.15, 0.2) is 34.9 Å².